The molecule has 26 heavy (non-hydrogen) atoms. The SMILES string of the molecule is C[C@@H]1CN(C[C@@H]2C(=O)O[C@@H]3C[C@@]4(C)CCC[C@]5(CO5)[C@@H]4C[C@H]23)C[C@@H](C)O1. The normalized spacial score (nSPS) is 53.9. The first-order valence-corrected chi connectivity index (χ1v) is 10.6. The zero-order valence-corrected chi connectivity index (χ0v) is 16.4. The number of epoxide rings is 1. The number of nitrogens with zero attached hydrogens (tertiary/aromatic N) is 1. The van der Waals surface area contributed by atoms with E-state index in [0.29, 0.717) is 11.8 Å². The molecule has 0 aromatic rings. The van der Waals surface area contributed by atoms with Crippen LogP contribution in [0.1, 0.15) is 52.9 Å². The van der Waals surface area contributed by atoms with E-state index in [4.69, 9.17) is 14.2 Å². The molecule has 8 atom stereocenters. The summed E-state index contributed by atoms with van der Waals surface area (Å²) in [5.74, 6) is 1.04. The maximum absolute atomic E-state index is 12.8. The van der Waals surface area contributed by atoms with Crippen molar-refractivity contribution in [2.45, 2.75) is 76.8 Å². The highest BCUT2D eigenvalue weighted by Crippen LogP contribution is 2.62. The molecule has 5 rings (SSSR count). The largest absolute Gasteiger partial charge is 0.462 e. The van der Waals surface area contributed by atoms with E-state index in [-0.39, 0.29) is 41.2 Å². The molecule has 0 aromatic carbocycles. The molecule has 3 aliphatic heterocycles. The van der Waals surface area contributed by atoms with Gasteiger partial charge in [-0.2, -0.15) is 0 Å². The van der Waals surface area contributed by atoms with E-state index in [1.807, 2.05) is 0 Å². The molecule has 3 saturated heterocycles. The predicted molar refractivity (Wildman–Crippen MR) is 96.7 cm³/mol. The van der Waals surface area contributed by atoms with Gasteiger partial charge >= 0.3 is 5.97 Å². The van der Waals surface area contributed by atoms with Crippen LogP contribution in [0.5, 0.6) is 0 Å². The monoisotopic (exact) mass is 363 g/mol. The topological polar surface area (TPSA) is 51.3 Å². The number of esters is 1. The maximum Gasteiger partial charge on any atom is 0.310 e. The minimum Gasteiger partial charge on any atom is -0.462 e. The Kier molecular flexibility index (Phi) is 3.97. The number of rotatable bonds is 2. The van der Waals surface area contributed by atoms with Crippen molar-refractivity contribution in [1.82, 2.24) is 4.90 Å². The second kappa shape index (κ2) is 5.92. The molecule has 5 aliphatic rings. The smallest absolute Gasteiger partial charge is 0.310 e. The first kappa shape index (κ1) is 17.4. The summed E-state index contributed by atoms with van der Waals surface area (Å²) in [5, 5.41) is 0. The minimum absolute atomic E-state index is 0.0276. The van der Waals surface area contributed by atoms with Gasteiger partial charge in [-0.05, 0) is 57.3 Å². The number of fused-ring (bicyclic) bond motifs is 3. The highest BCUT2D eigenvalue weighted by atomic mass is 16.6. The lowest BCUT2D eigenvalue weighted by atomic mass is 9.53. The fourth-order valence-corrected chi connectivity index (χ4v) is 6.88. The first-order valence-electron chi connectivity index (χ1n) is 10.6. The van der Waals surface area contributed by atoms with E-state index < -0.39 is 0 Å². The lowest BCUT2D eigenvalue weighted by Gasteiger charge is -2.51. The Morgan fingerprint density at radius 2 is 1.92 bits per heavy atom. The number of hydrogen-bond acceptors (Lipinski definition) is 5. The first-order chi connectivity index (χ1) is 12.4. The second-order valence-corrected chi connectivity index (χ2v) is 10.1. The Balaban J connectivity index is 1.34. The van der Waals surface area contributed by atoms with Gasteiger partial charge in [0.05, 0.1) is 30.3 Å². The molecule has 0 amide bonds. The molecule has 5 heteroatoms. The Morgan fingerprint density at radius 3 is 2.62 bits per heavy atom. The van der Waals surface area contributed by atoms with Crippen LogP contribution < -0.4 is 0 Å². The van der Waals surface area contributed by atoms with Gasteiger partial charge in [-0.3, -0.25) is 9.69 Å². The Morgan fingerprint density at radius 1 is 1.19 bits per heavy atom. The summed E-state index contributed by atoms with van der Waals surface area (Å²) < 4.78 is 17.8. The van der Waals surface area contributed by atoms with Gasteiger partial charge in [-0.15, -0.1) is 0 Å². The summed E-state index contributed by atoms with van der Waals surface area (Å²) >= 11 is 0. The zero-order valence-electron chi connectivity index (χ0n) is 16.4. The van der Waals surface area contributed by atoms with Crippen molar-refractivity contribution in [3.05, 3.63) is 0 Å². The van der Waals surface area contributed by atoms with Crippen LogP contribution in [0.15, 0.2) is 0 Å². The molecule has 0 aromatic heterocycles. The molecule has 2 saturated carbocycles. The number of carbonyl (C=O) groups excluding carboxylic acids is 1. The molecule has 1 spiro atoms. The summed E-state index contributed by atoms with van der Waals surface area (Å²) in [5.41, 5.74) is 0.420. The highest BCUT2D eigenvalue weighted by molar-refractivity contribution is 5.75. The third kappa shape index (κ3) is 2.73. The van der Waals surface area contributed by atoms with Crippen LogP contribution in [-0.2, 0) is 19.0 Å². The van der Waals surface area contributed by atoms with Gasteiger partial charge in [0.2, 0.25) is 0 Å². The Labute approximate surface area is 156 Å². The summed E-state index contributed by atoms with van der Waals surface area (Å²) in [6, 6.07) is 0. The van der Waals surface area contributed by atoms with Crippen molar-refractivity contribution in [2.24, 2.45) is 23.2 Å². The third-order valence-electron chi connectivity index (χ3n) is 8.03. The Bertz CT molecular complexity index is 581. The summed E-state index contributed by atoms with van der Waals surface area (Å²) in [6.07, 6.45) is 6.46. The van der Waals surface area contributed by atoms with Crippen LogP contribution in [0.25, 0.3) is 0 Å². The van der Waals surface area contributed by atoms with Crippen LogP contribution in [0.2, 0.25) is 0 Å². The van der Waals surface area contributed by atoms with Gasteiger partial charge in [0.25, 0.3) is 0 Å². The number of hydrogen-bond donors (Lipinski definition) is 0. The fourth-order valence-electron chi connectivity index (χ4n) is 6.88. The van der Waals surface area contributed by atoms with Crippen LogP contribution in [0, 0.1) is 23.2 Å². The quantitative estimate of drug-likeness (QED) is 0.558. The lowest BCUT2D eigenvalue weighted by molar-refractivity contribution is -0.147. The van der Waals surface area contributed by atoms with Crippen LogP contribution >= 0.6 is 0 Å². The van der Waals surface area contributed by atoms with Crippen LogP contribution in [0.3, 0.4) is 0 Å². The number of morpholine rings is 1. The van der Waals surface area contributed by atoms with Gasteiger partial charge in [0.15, 0.2) is 0 Å². The Hall–Kier alpha value is -0.650. The van der Waals surface area contributed by atoms with Gasteiger partial charge < -0.3 is 14.2 Å². The standard InChI is InChI=1S/C21H33NO4/c1-13-9-22(10-14(2)25-13)11-16-15-7-18-20(3,8-17(15)26-19(16)23)5-4-6-21(18)12-24-21/h13-18H,4-12H2,1-3H3/t13-,14-,15-,16+,17-,18-,20-,21+/m1/s1. The second-order valence-electron chi connectivity index (χ2n) is 10.1. The average Bonchev–Trinajstić information content (AvgIpc) is 3.25. The molecule has 0 unspecified atom stereocenters. The molecular formula is C21H33NO4. The summed E-state index contributed by atoms with van der Waals surface area (Å²) in [6.45, 7) is 10.3. The van der Waals surface area contributed by atoms with Crippen LogP contribution in [0.4, 0.5) is 0 Å². The lowest BCUT2D eigenvalue weighted by Crippen LogP contribution is -2.52. The van der Waals surface area contributed by atoms with Crippen molar-refractivity contribution in [1.29, 1.82) is 0 Å². The molecule has 0 N–H and O–H groups in total. The molecule has 0 bridgehead atoms. The van der Waals surface area contributed by atoms with Crippen molar-refractivity contribution in [3.63, 3.8) is 0 Å². The van der Waals surface area contributed by atoms with Crippen LogP contribution in [-0.4, -0.2) is 61.0 Å². The molecule has 3 heterocycles. The van der Waals surface area contributed by atoms with Gasteiger partial charge in [0.1, 0.15) is 6.10 Å². The van der Waals surface area contributed by atoms with Crippen molar-refractivity contribution < 1.29 is 19.0 Å². The average molecular weight is 363 g/mol. The summed E-state index contributed by atoms with van der Waals surface area (Å²) in [7, 11) is 0. The van der Waals surface area contributed by atoms with E-state index in [1.54, 1.807) is 0 Å². The summed E-state index contributed by atoms with van der Waals surface area (Å²) in [4.78, 5) is 15.2. The third-order valence-corrected chi connectivity index (χ3v) is 8.03. The molecule has 5 nitrogen and oxygen atoms in total. The predicted octanol–water partition coefficient (Wildman–Crippen LogP) is 2.62. The van der Waals surface area contributed by atoms with Gasteiger partial charge in [-0.25, -0.2) is 0 Å². The van der Waals surface area contributed by atoms with Crippen molar-refractivity contribution in [2.75, 3.05) is 26.2 Å². The molecule has 5 fully saturated rings. The van der Waals surface area contributed by atoms with E-state index >= 15 is 0 Å². The maximum atomic E-state index is 12.8. The molecule has 2 aliphatic carbocycles. The number of ether oxygens (including phenoxy) is 3. The zero-order chi connectivity index (χ0) is 18.1. The number of carbonyl (C=O) groups is 1. The van der Waals surface area contributed by atoms with E-state index in [0.717, 1.165) is 39.1 Å². The molecular weight excluding hydrogens is 330 g/mol. The van der Waals surface area contributed by atoms with E-state index in [2.05, 4.69) is 25.7 Å². The molecule has 0 radical (unpaired) electrons. The highest BCUT2D eigenvalue weighted by Gasteiger charge is 2.65. The van der Waals surface area contributed by atoms with Crippen molar-refractivity contribution in [3.8, 4) is 0 Å². The van der Waals surface area contributed by atoms with Gasteiger partial charge in [-0.1, -0.05) is 6.92 Å². The van der Waals surface area contributed by atoms with E-state index in [1.165, 1.54) is 19.3 Å². The van der Waals surface area contributed by atoms with E-state index in [9.17, 15) is 4.79 Å². The molecule has 146 valence electrons. The van der Waals surface area contributed by atoms with Crippen molar-refractivity contribution >= 4 is 5.97 Å². The fraction of sp³-hybridized carbons (Fsp3) is 0.952. The minimum atomic E-state index is 0.0276. The van der Waals surface area contributed by atoms with Gasteiger partial charge in [0, 0.05) is 25.6 Å².